The Kier molecular flexibility index (Phi) is 3.70. The molecular formula is C17H18FNO. The molecule has 1 aliphatic carbocycles. The van der Waals surface area contributed by atoms with Gasteiger partial charge in [0.1, 0.15) is 5.75 Å². The Hall–Kier alpha value is -1.87. The van der Waals surface area contributed by atoms with Gasteiger partial charge in [-0.15, -0.1) is 0 Å². The number of aryl methyl sites for hydroxylation is 1. The van der Waals surface area contributed by atoms with E-state index in [0.717, 1.165) is 11.1 Å². The Morgan fingerprint density at radius 3 is 2.60 bits per heavy atom. The van der Waals surface area contributed by atoms with Crippen LogP contribution in [0.3, 0.4) is 0 Å². The van der Waals surface area contributed by atoms with Gasteiger partial charge in [0.05, 0.1) is 0 Å². The van der Waals surface area contributed by atoms with E-state index >= 15 is 0 Å². The molecule has 1 saturated carbocycles. The zero-order valence-electron chi connectivity index (χ0n) is 11.5. The van der Waals surface area contributed by atoms with Crippen molar-refractivity contribution >= 4 is 0 Å². The minimum Gasteiger partial charge on any atom is -0.454 e. The van der Waals surface area contributed by atoms with Crippen molar-refractivity contribution in [2.24, 2.45) is 0 Å². The first kappa shape index (κ1) is 13.1. The first-order valence-electron chi connectivity index (χ1n) is 6.97. The lowest BCUT2D eigenvalue weighted by molar-refractivity contribution is 0.433. The molecule has 0 unspecified atom stereocenters. The van der Waals surface area contributed by atoms with Crippen molar-refractivity contribution in [3.63, 3.8) is 0 Å². The summed E-state index contributed by atoms with van der Waals surface area (Å²) in [7, 11) is 0. The standard InChI is InChI=1S/C17H18FNO/c1-12-5-9-15(10-6-12)20-17-13(3-2-4-16(17)18)11-19-14-7-8-14/h2-6,9-10,14,19H,7-8,11H2,1H3. The van der Waals surface area contributed by atoms with E-state index in [-0.39, 0.29) is 5.82 Å². The molecule has 104 valence electrons. The Morgan fingerprint density at radius 1 is 1.15 bits per heavy atom. The molecule has 0 saturated heterocycles. The molecule has 1 aliphatic rings. The Bertz CT molecular complexity index is 590. The van der Waals surface area contributed by atoms with Crippen LogP contribution in [0.2, 0.25) is 0 Å². The third-order valence-corrected chi connectivity index (χ3v) is 3.45. The summed E-state index contributed by atoms with van der Waals surface area (Å²) < 4.78 is 19.7. The number of hydrogen-bond donors (Lipinski definition) is 1. The maximum atomic E-state index is 14.0. The van der Waals surface area contributed by atoms with Crippen LogP contribution in [0.4, 0.5) is 4.39 Å². The van der Waals surface area contributed by atoms with Crippen molar-refractivity contribution in [1.82, 2.24) is 5.32 Å². The van der Waals surface area contributed by atoms with Crippen LogP contribution >= 0.6 is 0 Å². The van der Waals surface area contributed by atoms with Crippen LogP contribution in [0.5, 0.6) is 11.5 Å². The molecule has 0 spiro atoms. The lowest BCUT2D eigenvalue weighted by Gasteiger charge is -2.13. The predicted molar refractivity (Wildman–Crippen MR) is 77.5 cm³/mol. The van der Waals surface area contributed by atoms with Gasteiger partial charge in [-0.2, -0.15) is 0 Å². The molecule has 0 heterocycles. The molecule has 20 heavy (non-hydrogen) atoms. The van der Waals surface area contributed by atoms with E-state index in [9.17, 15) is 4.39 Å². The largest absolute Gasteiger partial charge is 0.454 e. The van der Waals surface area contributed by atoms with E-state index in [1.54, 1.807) is 6.07 Å². The van der Waals surface area contributed by atoms with Crippen LogP contribution in [0.15, 0.2) is 42.5 Å². The monoisotopic (exact) mass is 271 g/mol. The normalized spacial score (nSPS) is 14.3. The summed E-state index contributed by atoms with van der Waals surface area (Å²) in [4.78, 5) is 0. The quantitative estimate of drug-likeness (QED) is 0.881. The maximum Gasteiger partial charge on any atom is 0.167 e. The second kappa shape index (κ2) is 5.63. The van der Waals surface area contributed by atoms with Crippen LogP contribution in [0.1, 0.15) is 24.0 Å². The van der Waals surface area contributed by atoms with Crippen molar-refractivity contribution in [2.45, 2.75) is 32.4 Å². The van der Waals surface area contributed by atoms with Gasteiger partial charge in [-0.25, -0.2) is 4.39 Å². The molecule has 0 amide bonds. The zero-order chi connectivity index (χ0) is 13.9. The highest BCUT2D eigenvalue weighted by molar-refractivity contribution is 5.39. The van der Waals surface area contributed by atoms with Crippen LogP contribution in [-0.2, 0) is 6.54 Å². The van der Waals surface area contributed by atoms with Crippen molar-refractivity contribution in [3.05, 3.63) is 59.4 Å². The lowest BCUT2D eigenvalue weighted by Crippen LogP contribution is -2.16. The number of halogens is 1. The number of rotatable bonds is 5. The molecule has 0 atom stereocenters. The third-order valence-electron chi connectivity index (χ3n) is 3.45. The summed E-state index contributed by atoms with van der Waals surface area (Å²) in [5.74, 6) is 0.665. The fraction of sp³-hybridized carbons (Fsp3) is 0.294. The summed E-state index contributed by atoms with van der Waals surface area (Å²) in [5.41, 5.74) is 2.01. The summed E-state index contributed by atoms with van der Waals surface area (Å²) in [5, 5.41) is 3.39. The van der Waals surface area contributed by atoms with Crippen LogP contribution < -0.4 is 10.1 Å². The van der Waals surface area contributed by atoms with Crippen molar-refractivity contribution in [2.75, 3.05) is 0 Å². The highest BCUT2D eigenvalue weighted by Gasteiger charge is 2.21. The Labute approximate surface area is 118 Å². The Balaban J connectivity index is 1.80. The Morgan fingerprint density at radius 2 is 1.90 bits per heavy atom. The second-order valence-electron chi connectivity index (χ2n) is 5.30. The molecule has 3 heteroatoms. The molecule has 0 bridgehead atoms. The highest BCUT2D eigenvalue weighted by atomic mass is 19.1. The molecule has 2 nitrogen and oxygen atoms in total. The van der Waals surface area contributed by atoms with Gasteiger partial charge in [-0.05, 0) is 38.0 Å². The van der Waals surface area contributed by atoms with Crippen molar-refractivity contribution in [1.29, 1.82) is 0 Å². The number of nitrogens with one attached hydrogen (secondary N) is 1. The van der Waals surface area contributed by atoms with Gasteiger partial charge < -0.3 is 10.1 Å². The smallest absolute Gasteiger partial charge is 0.167 e. The number of para-hydroxylation sites is 1. The second-order valence-corrected chi connectivity index (χ2v) is 5.30. The fourth-order valence-corrected chi connectivity index (χ4v) is 2.07. The molecule has 2 aromatic rings. The van der Waals surface area contributed by atoms with Crippen molar-refractivity contribution < 1.29 is 9.13 Å². The predicted octanol–water partition coefficient (Wildman–Crippen LogP) is 4.18. The minimum absolute atomic E-state index is 0.319. The van der Waals surface area contributed by atoms with E-state index in [2.05, 4.69) is 5.32 Å². The minimum atomic E-state index is -0.319. The van der Waals surface area contributed by atoms with Crippen LogP contribution in [0, 0.1) is 12.7 Å². The maximum absolute atomic E-state index is 14.0. The topological polar surface area (TPSA) is 21.3 Å². The van der Waals surface area contributed by atoms with E-state index < -0.39 is 0 Å². The SMILES string of the molecule is Cc1ccc(Oc2c(F)cccc2CNC2CC2)cc1. The first-order valence-corrected chi connectivity index (χ1v) is 6.97. The number of benzene rings is 2. The molecule has 1 N–H and O–H groups in total. The zero-order valence-corrected chi connectivity index (χ0v) is 11.5. The van der Waals surface area contributed by atoms with Gasteiger partial charge in [0.2, 0.25) is 0 Å². The van der Waals surface area contributed by atoms with Gasteiger partial charge in [0.15, 0.2) is 11.6 Å². The van der Waals surface area contributed by atoms with Gasteiger partial charge in [0, 0.05) is 18.2 Å². The summed E-state index contributed by atoms with van der Waals surface area (Å²) in [6.07, 6.45) is 2.42. The summed E-state index contributed by atoms with van der Waals surface area (Å²) in [6, 6.07) is 13.3. The molecule has 1 fully saturated rings. The third kappa shape index (κ3) is 3.17. The van der Waals surface area contributed by atoms with Gasteiger partial charge in [-0.1, -0.05) is 29.8 Å². The van der Waals surface area contributed by atoms with Crippen LogP contribution in [-0.4, -0.2) is 6.04 Å². The number of ether oxygens (including phenoxy) is 1. The molecule has 2 aromatic carbocycles. The van der Waals surface area contributed by atoms with Gasteiger partial charge in [-0.3, -0.25) is 0 Å². The van der Waals surface area contributed by atoms with E-state index in [0.29, 0.717) is 24.1 Å². The summed E-state index contributed by atoms with van der Waals surface area (Å²) >= 11 is 0. The molecule has 0 aliphatic heterocycles. The number of hydrogen-bond acceptors (Lipinski definition) is 2. The molecule has 3 rings (SSSR count). The molecule has 0 radical (unpaired) electrons. The fourth-order valence-electron chi connectivity index (χ4n) is 2.07. The van der Waals surface area contributed by atoms with E-state index in [1.807, 2.05) is 37.3 Å². The average molecular weight is 271 g/mol. The van der Waals surface area contributed by atoms with E-state index in [1.165, 1.54) is 18.9 Å². The van der Waals surface area contributed by atoms with Gasteiger partial charge in [0.25, 0.3) is 0 Å². The highest BCUT2D eigenvalue weighted by Crippen LogP contribution is 2.29. The lowest BCUT2D eigenvalue weighted by atomic mass is 10.2. The van der Waals surface area contributed by atoms with Gasteiger partial charge >= 0.3 is 0 Å². The molecule has 0 aromatic heterocycles. The summed E-state index contributed by atoms with van der Waals surface area (Å²) in [6.45, 7) is 2.65. The van der Waals surface area contributed by atoms with E-state index in [4.69, 9.17) is 4.74 Å². The average Bonchev–Trinajstić information content (AvgIpc) is 3.26. The van der Waals surface area contributed by atoms with Crippen molar-refractivity contribution in [3.8, 4) is 11.5 Å². The van der Waals surface area contributed by atoms with Crippen LogP contribution in [0.25, 0.3) is 0 Å². The first-order chi connectivity index (χ1) is 9.72. The molecular weight excluding hydrogens is 253 g/mol.